The van der Waals surface area contributed by atoms with Gasteiger partial charge < -0.3 is 10.1 Å². The Labute approximate surface area is 143 Å². The number of rotatable bonds is 5. The van der Waals surface area contributed by atoms with E-state index in [0.29, 0.717) is 16.0 Å². The second kappa shape index (κ2) is 7.75. The highest BCUT2D eigenvalue weighted by Gasteiger charge is 2.17. The van der Waals surface area contributed by atoms with Crippen molar-refractivity contribution in [1.82, 2.24) is 0 Å². The third kappa shape index (κ3) is 4.65. The van der Waals surface area contributed by atoms with E-state index in [4.69, 9.17) is 4.74 Å². The lowest BCUT2D eigenvalue weighted by Gasteiger charge is -2.10. The van der Waals surface area contributed by atoms with Gasteiger partial charge in [0.15, 0.2) is 6.61 Å². The van der Waals surface area contributed by atoms with Crippen LogP contribution in [0.2, 0.25) is 0 Å². The highest BCUT2D eigenvalue weighted by Crippen LogP contribution is 2.45. The van der Waals surface area contributed by atoms with E-state index in [1.54, 1.807) is 12.1 Å². The second-order valence-electron chi connectivity index (χ2n) is 4.99. The van der Waals surface area contributed by atoms with Crippen molar-refractivity contribution >= 4 is 35.1 Å². The molecule has 1 aliphatic rings. The van der Waals surface area contributed by atoms with Gasteiger partial charge in [0.1, 0.15) is 11.6 Å². The number of anilines is 1. The van der Waals surface area contributed by atoms with Gasteiger partial charge in [0, 0.05) is 17.2 Å². The summed E-state index contributed by atoms with van der Waals surface area (Å²) in [4.78, 5) is 11.8. The van der Waals surface area contributed by atoms with Crippen LogP contribution in [0.25, 0.3) is 0 Å². The number of hydrogen-bond acceptors (Lipinski definition) is 4. The molecule has 23 heavy (non-hydrogen) atoms. The summed E-state index contributed by atoms with van der Waals surface area (Å²) in [5.74, 6) is 2.32. The molecule has 0 atom stereocenters. The molecule has 1 heterocycles. The molecule has 6 heteroatoms. The standard InChI is InChI=1S/C17H16FNO2S2/c18-13-2-1-3-14(10-13)19-16(20)11-21-15-6-4-12(5-7-15)17-22-8-9-23-17/h1-7,10,17H,8-9,11H2,(H,19,20). The summed E-state index contributed by atoms with van der Waals surface area (Å²) in [5.41, 5.74) is 1.69. The molecule has 2 aromatic rings. The molecule has 3 rings (SSSR count). The number of thioether (sulfide) groups is 2. The summed E-state index contributed by atoms with van der Waals surface area (Å²) in [6, 6.07) is 13.6. The molecule has 120 valence electrons. The maximum Gasteiger partial charge on any atom is 0.262 e. The maximum atomic E-state index is 13.0. The number of benzene rings is 2. The molecule has 1 saturated heterocycles. The number of hydrogen-bond donors (Lipinski definition) is 1. The topological polar surface area (TPSA) is 38.3 Å². The lowest BCUT2D eigenvalue weighted by Crippen LogP contribution is -2.20. The van der Waals surface area contributed by atoms with Crippen LogP contribution < -0.4 is 10.1 Å². The van der Waals surface area contributed by atoms with Gasteiger partial charge in [0.25, 0.3) is 5.91 Å². The minimum Gasteiger partial charge on any atom is -0.484 e. The highest BCUT2D eigenvalue weighted by atomic mass is 32.2. The van der Waals surface area contributed by atoms with E-state index in [-0.39, 0.29) is 18.3 Å². The molecule has 0 aromatic heterocycles. The Balaban J connectivity index is 1.50. The van der Waals surface area contributed by atoms with Crippen LogP contribution >= 0.6 is 23.5 Å². The molecule has 0 aliphatic carbocycles. The second-order valence-corrected chi connectivity index (χ2v) is 7.71. The van der Waals surface area contributed by atoms with Gasteiger partial charge in [0.05, 0.1) is 4.58 Å². The molecule has 1 amide bonds. The Morgan fingerprint density at radius 3 is 2.61 bits per heavy atom. The minimum atomic E-state index is -0.387. The zero-order chi connectivity index (χ0) is 16.1. The van der Waals surface area contributed by atoms with Gasteiger partial charge in [-0.3, -0.25) is 4.79 Å². The van der Waals surface area contributed by atoms with Crippen LogP contribution in [-0.4, -0.2) is 24.0 Å². The summed E-state index contributed by atoms with van der Waals surface area (Å²) in [6.45, 7) is -0.108. The molecular weight excluding hydrogens is 333 g/mol. The van der Waals surface area contributed by atoms with Crippen LogP contribution in [0.5, 0.6) is 5.75 Å². The first kappa shape index (κ1) is 16.2. The number of carbonyl (C=O) groups excluding carboxylic acids is 1. The Bertz CT molecular complexity index is 673. The van der Waals surface area contributed by atoms with Crippen LogP contribution in [0.3, 0.4) is 0 Å². The Morgan fingerprint density at radius 2 is 1.91 bits per heavy atom. The number of amides is 1. The van der Waals surface area contributed by atoms with Crippen molar-refractivity contribution in [2.45, 2.75) is 4.58 Å². The summed E-state index contributed by atoms with van der Waals surface area (Å²) in [5, 5.41) is 2.60. The molecule has 3 nitrogen and oxygen atoms in total. The maximum absolute atomic E-state index is 13.0. The number of nitrogens with one attached hydrogen (secondary N) is 1. The zero-order valence-corrected chi connectivity index (χ0v) is 14.0. The quantitative estimate of drug-likeness (QED) is 0.872. The molecule has 0 bridgehead atoms. The lowest BCUT2D eigenvalue weighted by molar-refractivity contribution is -0.118. The van der Waals surface area contributed by atoms with Crippen molar-refractivity contribution < 1.29 is 13.9 Å². The van der Waals surface area contributed by atoms with E-state index >= 15 is 0 Å². The lowest BCUT2D eigenvalue weighted by atomic mass is 10.2. The molecule has 0 spiro atoms. The molecule has 1 fully saturated rings. The smallest absolute Gasteiger partial charge is 0.262 e. The summed E-state index contributed by atoms with van der Waals surface area (Å²) >= 11 is 3.90. The van der Waals surface area contributed by atoms with Gasteiger partial charge in [-0.05, 0) is 35.9 Å². The third-order valence-electron chi connectivity index (χ3n) is 3.25. The molecule has 0 saturated carbocycles. The number of carbonyl (C=O) groups is 1. The van der Waals surface area contributed by atoms with Crippen LogP contribution in [0.1, 0.15) is 10.1 Å². The van der Waals surface area contributed by atoms with Gasteiger partial charge in [-0.1, -0.05) is 18.2 Å². The zero-order valence-electron chi connectivity index (χ0n) is 12.3. The molecule has 0 unspecified atom stereocenters. The SMILES string of the molecule is O=C(COc1ccc(C2SCCS2)cc1)Nc1cccc(F)c1. The number of halogens is 1. The van der Waals surface area contributed by atoms with E-state index in [1.807, 2.05) is 47.8 Å². The van der Waals surface area contributed by atoms with E-state index in [0.717, 1.165) is 0 Å². The first-order valence-electron chi connectivity index (χ1n) is 7.22. The molecule has 1 aliphatic heterocycles. The molecule has 1 N–H and O–H groups in total. The van der Waals surface area contributed by atoms with Gasteiger partial charge in [0.2, 0.25) is 0 Å². The third-order valence-corrected chi connectivity index (χ3v) is 6.36. The van der Waals surface area contributed by atoms with Crippen molar-refractivity contribution in [2.24, 2.45) is 0 Å². The van der Waals surface area contributed by atoms with Gasteiger partial charge in [-0.15, -0.1) is 23.5 Å². The fraction of sp³-hybridized carbons (Fsp3) is 0.235. The minimum absolute atomic E-state index is 0.108. The fourth-order valence-electron chi connectivity index (χ4n) is 2.18. The van der Waals surface area contributed by atoms with Crippen molar-refractivity contribution in [3.63, 3.8) is 0 Å². The summed E-state index contributed by atoms with van der Waals surface area (Å²) in [7, 11) is 0. The van der Waals surface area contributed by atoms with Crippen molar-refractivity contribution in [3.8, 4) is 5.75 Å². The predicted octanol–water partition coefficient (Wildman–Crippen LogP) is 4.32. The average Bonchev–Trinajstić information content (AvgIpc) is 3.08. The van der Waals surface area contributed by atoms with Crippen LogP contribution in [-0.2, 0) is 4.79 Å². The summed E-state index contributed by atoms with van der Waals surface area (Å²) in [6.07, 6.45) is 0. The van der Waals surface area contributed by atoms with Crippen LogP contribution in [0, 0.1) is 5.82 Å². The van der Waals surface area contributed by atoms with Gasteiger partial charge in [-0.25, -0.2) is 4.39 Å². The first-order valence-corrected chi connectivity index (χ1v) is 9.32. The monoisotopic (exact) mass is 349 g/mol. The van der Waals surface area contributed by atoms with Gasteiger partial charge in [-0.2, -0.15) is 0 Å². The predicted molar refractivity (Wildman–Crippen MR) is 94.6 cm³/mol. The molecular formula is C17H16FNO2S2. The van der Waals surface area contributed by atoms with Crippen molar-refractivity contribution in [1.29, 1.82) is 0 Å². The average molecular weight is 349 g/mol. The summed E-state index contributed by atoms with van der Waals surface area (Å²) < 4.78 is 19.0. The van der Waals surface area contributed by atoms with Crippen molar-refractivity contribution in [3.05, 3.63) is 59.9 Å². The normalized spacial score (nSPS) is 14.7. The van der Waals surface area contributed by atoms with Crippen LogP contribution in [0.15, 0.2) is 48.5 Å². The van der Waals surface area contributed by atoms with Crippen molar-refractivity contribution in [2.75, 3.05) is 23.4 Å². The first-order chi connectivity index (χ1) is 11.2. The van der Waals surface area contributed by atoms with E-state index in [9.17, 15) is 9.18 Å². The van der Waals surface area contributed by atoms with Crippen LogP contribution in [0.4, 0.5) is 10.1 Å². The Hall–Kier alpha value is -1.66. The van der Waals surface area contributed by atoms with E-state index < -0.39 is 0 Å². The Kier molecular flexibility index (Phi) is 5.46. The fourth-order valence-corrected chi connectivity index (χ4v) is 5.04. The van der Waals surface area contributed by atoms with E-state index in [2.05, 4.69) is 5.32 Å². The van der Waals surface area contributed by atoms with Gasteiger partial charge >= 0.3 is 0 Å². The largest absolute Gasteiger partial charge is 0.484 e. The Morgan fingerprint density at radius 1 is 1.17 bits per heavy atom. The molecule has 2 aromatic carbocycles. The number of ether oxygens (including phenoxy) is 1. The molecule has 0 radical (unpaired) electrons. The van der Waals surface area contributed by atoms with E-state index in [1.165, 1.54) is 29.2 Å². The highest BCUT2D eigenvalue weighted by molar-refractivity contribution is 8.19.